The third-order valence-corrected chi connectivity index (χ3v) is 5.61. The van der Waals surface area contributed by atoms with E-state index in [9.17, 15) is 4.79 Å². The van der Waals surface area contributed by atoms with Gasteiger partial charge in [0, 0.05) is 47.6 Å². The van der Waals surface area contributed by atoms with Crippen LogP contribution in [0, 0.1) is 0 Å². The summed E-state index contributed by atoms with van der Waals surface area (Å²) in [6.07, 6.45) is 3.32. The normalized spacial score (nSPS) is 13.7. The van der Waals surface area contributed by atoms with Gasteiger partial charge in [0.15, 0.2) is 0 Å². The van der Waals surface area contributed by atoms with Crippen LogP contribution >= 0.6 is 0 Å². The predicted octanol–water partition coefficient (Wildman–Crippen LogP) is 3.92. The third kappa shape index (κ3) is 4.47. The minimum atomic E-state index is 0.0232. The monoisotopic (exact) mass is 441 g/mol. The van der Waals surface area contributed by atoms with Crippen LogP contribution in [0.15, 0.2) is 67.1 Å². The van der Waals surface area contributed by atoms with Gasteiger partial charge in [-0.15, -0.1) is 0 Å². The van der Waals surface area contributed by atoms with Crippen LogP contribution in [-0.2, 0) is 4.74 Å². The average Bonchev–Trinajstić information content (AvgIpc) is 2.89. The van der Waals surface area contributed by atoms with Crippen molar-refractivity contribution in [1.29, 1.82) is 0 Å². The largest absolute Gasteiger partial charge is 0.481 e. The van der Waals surface area contributed by atoms with Gasteiger partial charge in [-0.1, -0.05) is 6.07 Å². The van der Waals surface area contributed by atoms with E-state index in [1.165, 1.54) is 6.33 Å². The number of amides is 1. The number of rotatable bonds is 5. The number of pyridine rings is 1. The number of aromatic nitrogens is 3. The molecule has 3 heterocycles. The maximum Gasteiger partial charge on any atom is 0.254 e. The number of hydrogen-bond donors (Lipinski definition) is 1. The van der Waals surface area contributed by atoms with Crippen LogP contribution in [0.5, 0.6) is 5.88 Å². The number of hydrogen-bond acceptors (Lipinski definition) is 7. The van der Waals surface area contributed by atoms with Crippen molar-refractivity contribution >= 4 is 28.3 Å². The fourth-order valence-electron chi connectivity index (χ4n) is 3.79. The zero-order valence-corrected chi connectivity index (χ0v) is 18.2. The summed E-state index contributed by atoms with van der Waals surface area (Å²) in [6, 6.07) is 17.2. The molecule has 0 atom stereocenters. The maximum absolute atomic E-state index is 12.7. The predicted molar refractivity (Wildman–Crippen MR) is 126 cm³/mol. The van der Waals surface area contributed by atoms with E-state index in [1.807, 2.05) is 59.5 Å². The van der Waals surface area contributed by atoms with Crippen molar-refractivity contribution in [2.24, 2.45) is 0 Å². The average molecular weight is 441 g/mol. The molecule has 2 aromatic heterocycles. The molecule has 2 aromatic carbocycles. The maximum atomic E-state index is 12.7. The third-order valence-electron chi connectivity index (χ3n) is 5.61. The van der Waals surface area contributed by atoms with Gasteiger partial charge in [0.1, 0.15) is 12.1 Å². The highest BCUT2D eigenvalue weighted by Crippen LogP contribution is 2.29. The van der Waals surface area contributed by atoms with Crippen molar-refractivity contribution in [3.63, 3.8) is 0 Å². The Labute approximate surface area is 191 Å². The van der Waals surface area contributed by atoms with Crippen LogP contribution in [0.3, 0.4) is 0 Å². The molecule has 0 radical (unpaired) electrons. The lowest BCUT2D eigenvalue weighted by Gasteiger charge is -2.26. The fourth-order valence-corrected chi connectivity index (χ4v) is 3.79. The number of methoxy groups -OCH3 is 1. The quantitative estimate of drug-likeness (QED) is 0.502. The SMILES string of the molecule is COc1ccc(-c2ccc3ncnc(Nc4ccc(C(=O)N5CCOCC5)cc4)c3c2)cn1. The van der Waals surface area contributed by atoms with Gasteiger partial charge in [0.05, 0.1) is 25.8 Å². The minimum absolute atomic E-state index is 0.0232. The number of fused-ring (bicyclic) bond motifs is 1. The molecule has 4 aromatic rings. The number of benzene rings is 2. The second-order valence-corrected chi connectivity index (χ2v) is 7.65. The number of carbonyl (C=O) groups excluding carboxylic acids is 1. The molecule has 8 heteroatoms. The Kier molecular flexibility index (Phi) is 5.82. The summed E-state index contributed by atoms with van der Waals surface area (Å²) < 4.78 is 10.5. The number of nitrogens with zero attached hydrogens (tertiary/aromatic N) is 4. The first kappa shape index (κ1) is 20.8. The van der Waals surface area contributed by atoms with E-state index in [1.54, 1.807) is 13.3 Å². The Morgan fingerprint density at radius 2 is 1.76 bits per heavy atom. The molecule has 166 valence electrons. The molecule has 1 amide bonds. The number of ether oxygens (including phenoxy) is 2. The Bertz CT molecular complexity index is 1270. The van der Waals surface area contributed by atoms with Crippen LogP contribution in [0.25, 0.3) is 22.0 Å². The Balaban J connectivity index is 1.39. The van der Waals surface area contributed by atoms with Crippen molar-refractivity contribution in [2.45, 2.75) is 0 Å². The van der Waals surface area contributed by atoms with Crippen molar-refractivity contribution in [2.75, 3.05) is 38.7 Å². The summed E-state index contributed by atoms with van der Waals surface area (Å²) in [4.78, 5) is 27.6. The number of anilines is 2. The van der Waals surface area contributed by atoms with Gasteiger partial charge in [0.2, 0.25) is 5.88 Å². The first-order chi connectivity index (χ1) is 16.2. The van der Waals surface area contributed by atoms with Crippen molar-refractivity contribution in [3.05, 3.63) is 72.7 Å². The molecule has 5 rings (SSSR count). The van der Waals surface area contributed by atoms with E-state index in [0.29, 0.717) is 43.6 Å². The van der Waals surface area contributed by atoms with Gasteiger partial charge in [-0.2, -0.15) is 0 Å². The Morgan fingerprint density at radius 1 is 0.970 bits per heavy atom. The molecule has 1 fully saturated rings. The van der Waals surface area contributed by atoms with Crippen molar-refractivity contribution in [1.82, 2.24) is 19.9 Å². The Hall–Kier alpha value is -4.04. The lowest BCUT2D eigenvalue weighted by molar-refractivity contribution is 0.0303. The molecule has 8 nitrogen and oxygen atoms in total. The van der Waals surface area contributed by atoms with Crippen LogP contribution in [0.2, 0.25) is 0 Å². The summed E-state index contributed by atoms with van der Waals surface area (Å²) in [5.74, 6) is 1.28. The Morgan fingerprint density at radius 3 is 2.48 bits per heavy atom. The van der Waals surface area contributed by atoms with Crippen LogP contribution in [0.1, 0.15) is 10.4 Å². The first-order valence-corrected chi connectivity index (χ1v) is 10.7. The highest BCUT2D eigenvalue weighted by molar-refractivity contribution is 5.96. The highest BCUT2D eigenvalue weighted by atomic mass is 16.5. The van der Waals surface area contributed by atoms with Gasteiger partial charge in [-0.3, -0.25) is 4.79 Å². The summed E-state index contributed by atoms with van der Waals surface area (Å²) in [5, 5.41) is 4.25. The summed E-state index contributed by atoms with van der Waals surface area (Å²) >= 11 is 0. The molecule has 1 aliphatic heterocycles. The molecule has 0 bridgehead atoms. The van der Waals surface area contributed by atoms with E-state index < -0.39 is 0 Å². The molecule has 0 saturated carbocycles. The first-order valence-electron chi connectivity index (χ1n) is 10.7. The van der Waals surface area contributed by atoms with E-state index in [4.69, 9.17) is 9.47 Å². The summed E-state index contributed by atoms with van der Waals surface area (Å²) in [7, 11) is 1.60. The lowest BCUT2D eigenvalue weighted by Crippen LogP contribution is -2.40. The number of morpholine rings is 1. The highest BCUT2D eigenvalue weighted by Gasteiger charge is 2.18. The minimum Gasteiger partial charge on any atom is -0.481 e. The molecule has 1 aliphatic rings. The van der Waals surface area contributed by atoms with Crippen molar-refractivity contribution in [3.8, 4) is 17.0 Å². The molecule has 33 heavy (non-hydrogen) atoms. The van der Waals surface area contributed by atoms with Gasteiger partial charge in [-0.25, -0.2) is 15.0 Å². The van der Waals surface area contributed by atoms with E-state index in [0.717, 1.165) is 27.7 Å². The summed E-state index contributed by atoms with van der Waals surface area (Å²) in [5.41, 5.74) is 4.30. The standard InChI is InChI=1S/C25H23N5O3/c1-32-23-9-5-19(15-26-23)18-4-8-22-21(14-18)24(28-16-27-22)29-20-6-2-17(3-7-20)25(31)30-10-12-33-13-11-30/h2-9,14-16H,10-13H2,1H3,(H,27,28,29). The van der Waals surface area contributed by atoms with Crippen LogP contribution in [0.4, 0.5) is 11.5 Å². The molecule has 0 aliphatic carbocycles. The second kappa shape index (κ2) is 9.22. The molecule has 0 spiro atoms. The molecular formula is C25H23N5O3. The zero-order valence-electron chi connectivity index (χ0n) is 18.2. The second-order valence-electron chi connectivity index (χ2n) is 7.65. The number of carbonyl (C=O) groups is 1. The molecule has 0 unspecified atom stereocenters. The van der Waals surface area contributed by atoms with E-state index >= 15 is 0 Å². The van der Waals surface area contributed by atoms with Crippen LogP contribution < -0.4 is 10.1 Å². The molecule has 1 saturated heterocycles. The smallest absolute Gasteiger partial charge is 0.254 e. The van der Waals surface area contributed by atoms with Crippen molar-refractivity contribution < 1.29 is 14.3 Å². The lowest BCUT2D eigenvalue weighted by atomic mass is 10.1. The number of nitrogens with one attached hydrogen (secondary N) is 1. The van der Waals surface area contributed by atoms with Gasteiger partial charge in [-0.05, 0) is 48.0 Å². The van der Waals surface area contributed by atoms with Gasteiger partial charge >= 0.3 is 0 Å². The zero-order chi connectivity index (χ0) is 22.6. The molecular weight excluding hydrogens is 418 g/mol. The summed E-state index contributed by atoms with van der Waals surface area (Å²) in [6.45, 7) is 2.41. The van der Waals surface area contributed by atoms with Crippen LogP contribution in [-0.4, -0.2) is 59.2 Å². The van der Waals surface area contributed by atoms with E-state index in [-0.39, 0.29) is 5.91 Å². The topological polar surface area (TPSA) is 89.5 Å². The van der Waals surface area contributed by atoms with E-state index in [2.05, 4.69) is 20.3 Å². The molecule has 1 N–H and O–H groups in total. The van der Waals surface area contributed by atoms with Gasteiger partial charge in [0.25, 0.3) is 5.91 Å². The van der Waals surface area contributed by atoms with Gasteiger partial charge < -0.3 is 19.7 Å². The fraction of sp³-hybridized carbons (Fsp3) is 0.200.